The smallest absolute Gasteiger partial charge is 0.418 e. The van der Waals surface area contributed by atoms with Gasteiger partial charge in [0.25, 0.3) is 5.69 Å². The Bertz CT molecular complexity index is 985. The van der Waals surface area contributed by atoms with Gasteiger partial charge in [0.1, 0.15) is 5.60 Å². The molecule has 3 aromatic rings. The van der Waals surface area contributed by atoms with E-state index in [0.29, 0.717) is 5.69 Å². The molecule has 2 aromatic heterocycles. The van der Waals surface area contributed by atoms with Crippen LogP contribution in [0.5, 0.6) is 0 Å². The first-order valence-electron chi connectivity index (χ1n) is 8.36. The normalized spacial score (nSPS) is 11.2. The number of hydrogen-bond acceptors (Lipinski definition) is 5. The largest absolute Gasteiger partial charge is 0.443 e. The Hall–Kier alpha value is -3.48. The molecule has 0 atom stereocenters. The summed E-state index contributed by atoms with van der Waals surface area (Å²) in [7, 11) is 0. The van der Waals surface area contributed by atoms with Crippen molar-refractivity contribution in [3.63, 3.8) is 0 Å². The number of carbonyl (C=O) groups is 1. The summed E-state index contributed by atoms with van der Waals surface area (Å²) < 4.78 is 6.89. The third kappa shape index (κ3) is 4.03. The number of non-ortho nitro benzene ring substituents is 1. The average Bonchev–Trinajstić information content (AvgIpc) is 3.10. The fraction of sp³-hybridized carbons (Fsp3) is 0.200. The van der Waals surface area contributed by atoms with Crippen LogP contribution in [-0.4, -0.2) is 26.2 Å². The highest BCUT2D eigenvalue weighted by molar-refractivity contribution is 5.86. The van der Waals surface area contributed by atoms with Crippen molar-refractivity contribution in [1.82, 2.24) is 9.55 Å². The highest BCUT2D eigenvalue weighted by atomic mass is 16.6. The van der Waals surface area contributed by atoms with Crippen LogP contribution in [0.4, 0.5) is 10.5 Å². The SMILES string of the molecule is CC(C)(C)OC(=O)n1cccc1-c1cnccc1-c1ccc([N+](=O)[O-])cc1. The zero-order chi connectivity index (χ0) is 19.6. The molecule has 0 saturated carbocycles. The highest BCUT2D eigenvalue weighted by Crippen LogP contribution is 2.32. The van der Waals surface area contributed by atoms with Gasteiger partial charge in [0.15, 0.2) is 0 Å². The summed E-state index contributed by atoms with van der Waals surface area (Å²) >= 11 is 0. The Morgan fingerprint density at radius 2 is 1.81 bits per heavy atom. The van der Waals surface area contributed by atoms with E-state index in [1.165, 1.54) is 16.7 Å². The van der Waals surface area contributed by atoms with Crippen LogP contribution in [0.15, 0.2) is 61.1 Å². The van der Waals surface area contributed by atoms with Gasteiger partial charge in [-0.05, 0) is 62.2 Å². The monoisotopic (exact) mass is 365 g/mol. The lowest BCUT2D eigenvalue weighted by Gasteiger charge is -2.20. The van der Waals surface area contributed by atoms with Crippen LogP contribution in [0.2, 0.25) is 0 Å². The number of nitro groups is 1. The minimum Gasteiger partial charge on any atom is -0.443 e. The van der Waals surface area contributed by atoms with Gasteiger partial charge in [-0.25, -0.2) is 4.79 Å². The third-order valence-electron chi connectivity index (χ3n) is 3.83. The first kappa shape index (κ1) is 18.3. The Morgan fingerprint density at radius 1 is 1.11 bits per heavy atom. The second-order valence-electron chi connectivity index (χ2n) is 6.97. The molecule has 7 heteroatoms. The van der Waals surface area contributed by atoms with E-state index in [4.69, 9.17) is 4.74 Å². The van der Waals surface area contributed by atoms with Gasteiger partial charge in [-0.15, -0.1) is 0 Å². The summed E-state index contributed by atoms with van der Waals surface area (Å²) in [5, 5.41) is 10.9. The summed E-state index contributed by atoms with van der Waals surface area (Å²) in [6, 6.07) is 11.6. The van der Waals surface area contributed by atoms with Crippen LogP contribution < -0.4 is 0 Å². The molecule has 0 radical (unpaired) electrons. The lowest BCUT2D eigenvalue weighted by molar-refractivity contribution is -0.384. The van der Waals surface area contributed by atoms with Gasteiger partial charge in [-0.2, -0.15) is 0 Å². The standard InChI is InChI=1S/C20H19N3O4/c1-20(2,3)27-19(24)22-12-4-5-18(22)17-13-21-11-10-16(17)14-6-8-15(9-7-14)23(25)26/h4-13H,1-3H3. The zero-order valence-corrected chi connectivity index (χ0v) is 15.2. The average molecular weight is 365 g/mol. The molecule has 2 heterocycles. The van der Waals surface area contributed by atoms with E-state index in [-0.39, 0.29) is 5.69 Å². The number of ether oxygens (including phenoxy) is 1. The maximum atomic E-state index is 12.5. The molecule has 0 bridgehead atoms. The number of hydrogen-bond donors (Lipinski definition) is 0. The maximum Gasteiger partial charge on any atom is 0.418 e. The number of carbonyl (C=O) groups excluding carboxylic acids is 1. The van der Waals surface area contributed by atoms with E-state index in [0.717, 1.165) is 16.7 Å². The molecule has 0 aliphatic carbocycles. The Kier molecular flexibility index (Phi) is 4.77. The van der Waals surface area contributed by atoms with Gasteiger partial charge in [-0.1, -0.05) is 0 Å². The summed E-state index contributed by atoms with van der Waals surface area (Å²) in [5.41, 5.74) is 2.35. The summed E-state index contributed by atoms with van der Waals surface area (Å²) in [6.45, 7) is 5.42. The molecule has 1 aromatic carbocycles. The quantitative estimate of drug-likeness (QED) is 0.486. The van der Waals surface area contributed by atoms with Crippen molar-refractivity contribution in [2.75, 3.05) is 0 Å². The molecule has 0 aliphatic rings. The fourth-order valence-electron chi connectivity index (χ4n) is 2.68. The van der Waals surface area contributed by atoms with Crippen molar-refractivity contribution in [2.24, 2.45) is 0 Å². The number of nitro benzene ring substituents is 1. The molecule has 0 spiro atoms. The molecule has 7 nitrogen and oxygen atoms in total. The number of pyridine rings is 1. The van der Waals surface area contributed by atoms with E-state index in [2.05, 4.69) is 4.98 Å². The molecule has 0 amide bonds. The van der Waals surface area contributed by atoms with E-state index in [1.807, 2.05) is 6.07 Å². The van der Waals surface area contributed by atoms with Crippen LogP contribution in [0.25, 0.3) is 22.4 Å². The van der Waals surface area contributed by atoms with Gasteiger partial charge in [0, 0.05) is 36.3 Å². The topological polar surface area (TPSA) is 87.3 Å². The van der Waals surface area contributed by atoms with E-state index >= 15 is 0 Å². The van der Waals surface area contributed by atoms with Gasteiger partial charge >= 0.3 is 6.09 Å². The van der Waals surface area contributed by atoms with Crippen LogP contribution in [-0.2, 0) is 4.74 Å². The lowest BCUT2D eigenvalue weighted by Crippen LogP contribution is -2.27. The van der Waals surface area contributed by atoms with Crippen molar-refractivity contribution < 1.29 is 14.5 Å². The highest BCUT2D eigenvalue weighted by Gasteiger charge is 2.21. The molecule has 27 heavy (non-hydrogen) atoms. The second kappa shape index (κ2) is 7.03. The number of benzene rings is 1. The number of nitrogens with zero attached hydrogens (tertiary/aromatic N) is 3. The van der Waals surface area contributed by atoms with Crippen molar-refractivity contribution >= 4 is 11.8 Å². The molecule has 0 unspecified atom stereocenters. The van der Waals surface area contributed by atoms with Crippen molar-refractivity contribution in [2.45, 2.75) is 26.4 Å². The first-order chi connectivity index (χ1) is 12.8. The minimum absolute atomic E-state index is 0.0199. The Labute approximate surface area is 156 Å². The summed E-state index contributed by atoms with van der Waals surface area (Å²) in [4.78, 5) is 27.1. The fourth-order valence-corrected chi connectivity index (χ4v) is 2.68. The minimum atomic E-state index is -0.616. The predicted octanol–water partition coefficient (Wildman–Crippen LogP) is 4.91. The van der Waals surface area contributed by atoms with E-state index < -0.39 is 16.6 Å². The van der Waals surface area contributed by atoms with Crippen LogP contribution in [0.3, 0.4) is 0 Å². The molecular weight excluding hydrogens is 346 g/mol. The summed E-state index contributed by atoms with van der Waals surface area (Å²) in [5.74, 6) is 0. The Morgan fingerprint density at radius 3 is 2.44 bits per heavy atom. The molecule has 0 saturated heterocycles. The molecule has 0 aliphatic heterocycles. The molecule has 3 rings (SSSR count). The maximum absolute atomic E-state index is 12.5. The number of aromatic nitrogens is 2. The second-order valence-corrected chi connectivity index (χ2v) is 6.97. The lowest BCUT2D eigenvalue weighted by atomic mass is 9.99. The molecule has 0 N–H and O–H groups in total. The van der Waals surface area contributed by atoms with Crippen LogP contribution in [0, 0.1) is 10.1 Å². The van der Waals surface area contributed by atoms with Gasteiger partial charge in [0.2, 0.25) is 0 Å². The van der Waals surface area contributed by atoms with Gasteiger partial charge in [-0.3, -0.25) is 19.7 Å². The first-order valence-corrected chi connectivity index (χ1v) is 8.36. The molecular formula is C20H19N3O4. The van der Waals surface area contributed by atoms with Crippen molar-refractivity contribution in [3.05, 3.63) is 71.2 Å². The van der Waals surface area contributed by atoms with Crippen LogP contribution >= 0.6 is 0 Å². The van der Waals surface area contributed by atoms with E-state index in [1.54, 1.807) is 63.6 Å². The van der Waals surface area contributed by atoms with Crippen LogP contribution in [0.1, 0.15) is 20.8 Å². The van der Waals surface area contributed by atoms with E-state index in [9.17, 15) is 14.9 Å². The summed E-state index contributed by atoms with van der Waals surface area (Å²) in [6.07, 6.45) is 4.45. The third-order valence-corrected chi connectivity index (χ3v) is 3.83. The van der Waals surface area contributed by atoms with Gasteiger partial charge < -0.3 is 4.74 Å². The predicted molar refractivity (Wildman–Crippen MR) is 101 cm³/mol. The number of rotatable bonds is 3. The molecule has 138 valence electrons. The van der Waals surface area contributed by atoms with Gasteiger partial charge in [0.05, 0.1) is 10.6 Å². The zero-order valence-electron chi connectivity index (χ0n) is 15.2. The molecule has 0 fully saturated rings. The van der Waals surface area contributed by atoms with Crippen molar-refractivity contribution in [1.29, 1.82) is 0 Å². The van der Waals surface area contributed by atoms with Crippen molar-refractivity contribution in [3.8, 4) is 22.4 Å². The Balaban J connectivity index is 2.04.